The van der Waals surface area contributed by atoms with Gasteiger partial charge in [-0.3, -0.25) is 10.1 Å². The topological polar surface area (TPSA) is 112 Å². The van der Waals surface area contributed by atoms with Crippen molar-refractivity contribution in [3.8, 4) is 22.6 Å². The Morgan fingerprint density at radius 3 is 2.61 bits per heavy atom. The molecule has 0 aliphatic carbocycles. The summed E-state index contributed by atoms with van der Waals surface area (Å²) in [6.45, 7) is -0.760. The third-order valence-electron chi connectivity index (χ3n) is 4.01. The zero-order valence-electron chi connectivity index (χ0n) is 15.9. The van der Waals surface area contributed by atoms with E-state index in [1.807, 2.05) is 30.3 Å². The van der Waals surface area contributed by atoms with Crippen LogP contribution in [-0.4, -0.2) is 43.7 Å². The Morgan fingerprint density at radius 2 is 1.84 bits per heavy atom. The first-order valence-corrected chi connectivity index (χ1v) is 9.95. The molecule has 156 valence electrons. The molecule has 0 radical (unpaired) electrons. The van der Waals surface area contributed by atoms with Gasteiger partial charge in [-0.1, -0.05) is 30.3 Å². The average Bonchev–Trinajstić information content (AvgIpc) is 3.43. The molecule has 0 unspecified atom stereocenters. The van der Waals surface area contributed by atoms with Crippen LogP contribution in [0.4, 0.5) is 9.52 Å². The van der Waals surface area contributed by atoms with Gasteiger partial charge in [-0.15, -0.1) is 21.5 Å². The Morgan fingerprint density at radius 1 is 1.06 bits per heavy atom. The summed E-state index contributed by atoms with van der Waals surface area (Å²) in [4.78, 5) is 29.3. The van der Waals surface area contributed by atoms with Gasteiger partial charge in [-0.05, 0) is 29.5 Å². The molecule has 0 fully saturated rings. The quantitative estimate of drug-likeness (QED) is 0.442. The summed E-state index contributed by atoms with van der Waals surface area (Å²) in [6.07, 6.45) is 0. The van der Waals surface area contributed by atoms with Gasteiger partial charge in [0.25, 0.3) is 5.91 Å². The van der Waals surface area contributed by atoms with Crippen molar-refractivity contribution < 1.29 is 18.7 Å². The first kappa shape index (κ1) is 20.3. The van der Waals surface area contributed by atoms with Crippen LogP contribution in [0.3, 0.4) is 0 Å². The molecule has 2 heterocycles. The number of ether oxygens (including phenoxy) is 1. The number of amides is 1. The summed E-state index contributed by atoms with van der Waals surface area (Å²) < 4.78 is 18.0. The van der Waals surface area contributed by atoms with E-state index in [-0.39, 0.29) is 12.4 Å². The fraction of sp³-hybridized carbons (Fsp3) is 0.100. The highest BCUT2D eigenvalue weighted by atomic mass is 32.1. The SMILES string of the molecule is O=C(COC(=O)Cn1nnc(-c2ccccc2)n1)Nc1nc(-c2ccc(F)cc2)cs1. The van der Waals surface area contributed by atoms with Crippen molar-refractivity contribution in [2.75, 3.05) is 11.9 Å². The molecule has 1 N–H and O–H groups in total. The minimum Gasteiger partial charge on any atom is -0.454 e. The minimum absolute atomic E-state index is 0.279. The maximum absolute atomic E-state index is 13.0. The number of carbonyl (C=O) groups excluding carboxylic acids is 2. The van der Waals surface area contributed by atoms with E-state index in [1.54, 1.807) is 17.5 Å². The van der Waals surface area contributed by atoms with Gasteiger partial charge in [0.1, 0.15) is 5.82 Å². The molecule has 0 aliphatic heterocycles. The largest absolute Gasteiger partial charge is 0.454 e. The fourth-order valence-electron chi connectivity index (χ4n) is 2.56. The van der Waals surface area contributed by atoms with Crippen LogP contribution >= 0.6 is 11.3 Å². The maximum atomic E-state index is 13.0. The molecule has 4 aromatic rings. The van der Waals surface area contributed by atoms with Gasteiger partial charge in [0.05, 0.1) is 5.69 Å². The molecule has 0 saturated heterocycles. The number of halogens is 1. The van der Waals surface area contributed by atoms with E-state index in [0.29, 0.717) is 16.6 Å². The highest BCUT2D eigenvalue weighted by molar-refractivity contribution is 7.14. The Labute approximate surface area is 179 Å². The molecule has 0 aliphatic rings. The number of nitrogens with zero attached hydrogens (tertiary/aromatic N) is 5. The van der Waals surface area contributed by atoms with Crippen molar-refractivity contribution >= 4 is 28.3 Å². The van der Waals surface area contributed by atoms with Crippen molar-refractivity contribution in [2.24, 2.45) is 0 Å². The van der Waals surface area contributed by atoms with E-state index in [9.17, 15) is 14.0 Å². The number of hydrogen-bond acceptors (Lipinski definition) is 8. The second-order valence-electron chi connectivity index (χ2n) is 6.26. The molecular formula is C20H15FN6O3S. The van der Waals surface area contributed by atoms with Crippen molar-refractivity contribution in [1.82, 2.24) is 25.2 Å². The molecule has 2 aromatic carbocycles. The minimum atomic E-state index is -0.682. The summed E-state index contributed by atoms with van der Waals surface area (Å²) in [7, 11) is 0. The van der Waals surface area contributed by atoms with Gasteiger partial charge in [0, 0.05) is 16.5 Å². The van der Waals surface area contributed by atoms with Gasteiger partial charge < -0.3 is 4.74 Å². The van der Waals surface area contributed by atoms with E-state index >= 15 is 0 Å². The normalized spacial score (nSPS) is 10.6. The van der Waals surface area contributed by atoms with Crippen LogP contribution < -0.4 is 5.32 Å². The Kier molecular flexibility index (Phi) is 6.03. The first-order chi connectivity index (χ1) is 15.1. The van der Waals surface area contributed by atoms with Gasteiger partial charge in [-0.25, -0.2) is 14.2 Å². The lowest BCUT2D eigenvalue weighted by atomic mass is 10.2. The number of esters is 1. The number of rotatable bonds is 7. The van der Waals surface area contributed by atoms with Crippen LogP contribution in [0, 0.1) is 5.82 Å². The van der Waals surface area contributed by atoms with Crippen LogP contribution in [0.2, 0.25) is 0 Å². The first-order valence-electron chi connectivity index (χ1n) is 9.07. The molecule has 9 nitrogen and oxygen atoms in total. The zero-order chi connectivity index (χ0) is 21.6. The van der Waals surface area contributed by atoms with Crippen molar-refractivity contribution in [3.63, 3.8) is 0 Å². The van der Waals surface area contributed by atoms with Crippen LogP contribution in [0.1, 0.15) is 0 Å². The Bertz CT molecular complexity index is 1190. The number of anilines is 1. The van der Waals surface area contributed by atoms with E-state index < -0.39 is 18.5 Å². The van der Waals surface area contributed by atoms with Gasteiger partial charge in [-0.2, -0.15) is 4.80 Å². The third-order valence-corrected chi connectivity index (χ3v) is 4.77. The lowest BCUT2D eigenvalue weighted by Gasteiger charge is -2.04. The second kappa shape index (κ2) is 9.22. The number of hydrogen-bond donors (Lipinski definition) is 1. The molecule has 4 rings (SSSR count). The summed E-state index contributed by atoms with van der Waals surface area (Å²) in [5.41, 5.74) is 2.09. The molecule has 11 heteroatoms. The maximum Gasteiger partial charge on any atom is 0.330 e. The predicted octanol–water partition coefficient (Wildman–Crippen LogP) is 2.78. The number of benzene rings is 2. The average molecular weight is 438 g/mol. The van der Waals surface area contributed by atoms with E-state index in [2.05, 4.69) is 25.7 Å². The number of carbonyl (C=O) groups is 2. The third kappa shape index (κ3) is 5.34. The van der Waals surface area contributed by atoms with Crippen LogP contribution in [0.5, 0.6) is 0 Å². The molecule has 31 heavy (non-hydrogen) atoms. The fourth-order valence-corrected chi connectivity index (χ4v) is 3.30. The van der Waals surface area contributed by atoms with Gasteiger partial charge in [0.15, 0.2) is 18.3 Å². The Hall–Kier alpha value is -3.99. The van der Waals surface area contributed by atoms with Gasteiger partial charge >= 0.3 is 5.97 Å². The zero-order valence-corrected chi connectivity index (χ0v) is 16.8. The van der Waals surface area contributed by atoms with Crippen molar-refractivity contribution in [2.45, 2.75) is 6.54 Å². The molecule has 0 bridgehead atoms. The summed E-state index contributed by atoms with van der Waals surface area (Å²) in [6, 6.07) is 15.1. The summed E-state index contributed by atoms with van der Waals surface area (Å²) in [5.74, 6) is -1.18. The Balaban J connectivity index is 1.26. The lowest BCUT2D eigenvalue weighted by Crippen LogP contribution is -2.23. The molecule has 0 atom stereocenters. The van der Waals surface area contributed by atoms with E-state index in [4.69, 9.17) is 4.74 Å². The van der Waals surface area contributed by atoms with Crippen molar-refractivity contribution in [1.29, 1.82) is 0 Å². The molecule has 0 spiro atoms. The van der Waals surface area contributed by atoms with Crippen LogP contribution in [0.25, 0.3) is 22.6 Å². The summed E-state index contributed by atoms with van der Waals surface area (Å²) >= 11 is 1.20. The number of nitrogens with one attached hydrogen (secondary N) is 1. The van der Waals surface area contributed by atoms with E-state index in [1.165, 1.54) is 23.5 Å². The monoisotopic (exact) mass is 438 g/mol. The standard InChI is InChI=1S/C20H15FN6O3S/c21-15-8-6-13(7-9-15)16-12-31-20(22-16)23-17(28)11-30-18(29)10-27-25-19(24-26-27)14-4-2-1-3-5-14/h1-9,12H,10-11H2,(H,22,23,28). The van der Waals surface area contributed by atoms with Crippen LogP contribution in [0.15, 0.2) is 60.0 Å². The number of thiazole rings is 1. The van der Waals surface area contributed by atoms with Crippen molar-refractivity contribution in [3.05, 3.63) is 65.8 Å². The summed E-state index contributed by atoms with van der Waals surface area (Å²) in [5, 5.41) is 16.4. The number of aromatic nitrogens is 5. The molecule has 2 aromatic heterocycles. The smallest absolute Gasteiger partial charge is 0.330 e. The predicted molar refractivity (Wildman–Crippen MR) is 110 cm³/mol. The van der Waals surface area contributed by atoms with Crippen LogP contribution in [-0.2, 0) is 20.9 Å². The molecular weight excluding hydrogens is 423 g/mol. The van der Waals surface area contributed by atoms with Gasteiger partial charge in [0.2, 0.25) is 5.82 Å². The molecule has 0 saturated carbocycles. The van der Waals surface area contributed by atoms with E-state index in [0.717, 1.165) is 15.9 Å². The number of tetrazole rings is 1. The highest BCUT2D eigenvalue weighted by Gasteiger charge is 2.13. The lowest BCUT2D eigenvalue weighted by molar-refractivity contribution is -0.148. The second-order valence-corrected chi connectivity index (χ2v) is 7.12. The highest BCUT2D eigenvalue weighted by Crippen LogP contribution is 2.25. The molecule has 1 amide bonds.